The van der Waals surface area contributed by atoms with Gasteiger partial charge < -0.3 is 0 Å². The molecule has 0 aliphatic heterocycles. The van der Waals surface area contributed by atoms with Crippen LogP contribution in [-0.2, 0) is 17.1 Å². The van der Waals surface area contributed by atoms with Crippen molar-refractivity contribution in [2.45, 2.75) is 0 Å². The van der Waals surface area contributed by atoms with Crippen molar-refractivity contribution in [1.82, 2.24) is 0 Å². The molecule has 0 rings (SSSR count). The summed E-state index contributed by atoms with van der Waals surface area (Å²) in [5.74, 6) is 0. The number of hydrogen-bond donors (Lipinski definition) is 0. The average Bonchev–Trinajstić information content (AvgIpc) is 0.722. The van der Waals surface area contributed by atoms with Crippen molar-refractivity contribution < 1.29 is 33.5 Å². The van der Waals surface area contributed by atoms with Crippen molar-refractivity contribution >= 4 is 9.41 Å². The molecule has 0 aliphatic carbocycles. The normalized spacial score (nSPS) is 10.0. The summed E-state index contributed by atoms with van der Waals surface area (Å²) in [6, 6.07) is 0. The van der Waals surface area contributed by atoms with Crippen molar-refractivity contribution in [3.8, 4) is 0 Å². The molecule has 0 N–H and O–H groups in total. The SMILES string of the molecule is F[Si](F)(F)F.[Mn]. The molecule has 0 aromatic rings. The Hall–Kier alpha value is 0.456. The third-order valence-corrected chi connectivity index (χ3v) is 0. The zero-order valence-electron chi connectivity index (χ0n) is 2.39. The molecule has 0 nitrogen and oxygen atoms in total. The van der Waals surface area contributed by atoms with Crippen molar-refractivity contribution in [1.29, 1.82) is 0 Å². The second-order valence-corrected chi connectivity index (χ2v) is 1.29. The molecule has 0 aromatic carbocycles. The minimum atomic E-state index is -6.61. The molecule has 0 atom stereocenters. The molecular weight excluding hydrogens is 159 g/mol. The van der Waals surface area contributed by atoms with E-state index < -0.39 is 9.41 Å². The minimum absolute atomic E-state index is 0. The van der Waals surface area contributed by atoms with E-state index in [1.165, 1.54) is 0 Å². The summed E-state index contributed by atoms with van der Waals surface area (Å²) >= 11 is 0. The Balaban J connectivity index is 0. The van der Waals surface area contributed by atoms with Gasteiger partial charge >= 0.3 is 9.41 Å². The molecule has 0 aliphatic rings. The second kappa shape index (κ2) is 2.60. The first-order valence-electron chi connectivity index (χ1n) is 0.756. The topological polar surface area (TPSA) is 0 Å². The first-order chi connectivity index (χ1) is 2.00. The van der Waals surface area contributed by atoms with E-state index in [1.54, 1.807) is 0 Å². The summed E-state index contributed by atoms with van der Waals surface area (Å²) in [5.41, 5.74) is 0. The maximum absolute atomic E-state index is 9.83. The predicted octanol–water partition coefficient (Wildman–Crippen LogP) is 1.30. The Bertz CT molecular complexity index is 23.0. The molecule has 0 unspecified atom stereocenters. The van der Waals surface area contributed by atoms with E-state index in [1.807, 2.05) is 0 Å². The molecule has 0 fully saturated rings. The van der Waals surface area contributed by atoms with Crippen LogP contribution < -0.4 is 0 Å². The van der Waals surface area contributed by atoms with Crippen LogP contribution in [0.1, 0.15) is 0 Å². The first-order valence-corrected chi connectivity index (χ1v) is 2.27. The van der Waals surface area contributed by atoms with E-state index in [2.05, 4.69) is 0 Å². The predicted molar refractivity (Wildman–Crippen MR) is 10.2 cm³/mol. The Morgan fingerprint density at radius 3 is 0.833 bits per heavy atom. The minimum Gasteiger partial charge on any atom is -0.211 e. The van der Waals surface area contributed by atoms with Crippen LogP contribution in [0.2, 0.25) is 0 Å². The van der Waals surface area contributed by atoms with Gasteiger partial charge in [-0.2, -0.15) is 0 Å². The van der Waals surface area contributed by atoms with E-state index in [0.717, 1.165) is 0 Å². The molecular formula is F4MnSi. The largest absolute Gasteiger partial charge is 0.844 e. The van der Waals surface area contributed by atoms with Crippen molar-refractivity contribution in [3.05, 3.63) is 0 Å². The van der Waals surface area contributed by atoms with E-state index >= 15 is 0 Å². The quantitative estimate of drug-likeness (QED) is 0.284. The van der Waals surface area contributed by atoms with Crippen molar-refractivity contribution in [2.75, 3.05) is 0 Å². The van der Waals surface area contributed by atoms with Crippen molar-refractivity contribution in [3.63, 3.8) is 0 Å². The third-order valence-electron chi connectivity index (χ3n) is 0. The number of hydrogen-bond acceptors (Lipinski definition) is 0. The van der Waals surface area contributed by atoms with E-state index in [-0.39, 0.29) is 17.1 Å². The molecule has 0 spiro atoms. The Labute approximate surface area is 43.7 Å². The molecule has 6 heteroatoms. The number of rotatable bonds is 0. The van der Waals surface area contributed by atoms with Gasteiger partial charge in [-0.25, -0.2) is 16.4 Å². The molecule has 0 amide bonds. The van der Waals surface area contributed by atoms with Gasteiger partial charge in [-0.15, -0.1) is 0 Å². The van der Waals surface area contributed by atoms with E-state index in [0.29, 0.717) is 0 Å². The first kappa shape index (κ1) is 9.68. The van der Waals surface area contributed by atoms with Gasteiger partial charge in [0.25, 0.3) is 0 Å². The van der Waals surface area contributed by atoms with E-state index in [9.17, 15) is 16.4 Å². The van der Waals surface area contributed by atoms with Gasteiger partial charge in [0.15, 0.2) is 0 Å². The molecule has 0 bridgehead atoms. The van der Waals surface area contributed by atoms with Gasteiger partial charge in [0.2, 0.25) is 0 Å². The van der Waals surface area contributed by atoms with Crippen LogP contribution in [-0.4, -0.2) is 9.41 Å². The van der Waals surface area contributed by atoms with Crippen LogP contribution in [0.5, 0.6) is 0 Å². The maximum Gasteiger partial charge on any atom is 0.844 e. The van der Waals surface area contributed by atoms with Crippen LogP contribution in [0.4, 0.5) is 16.4 Å². The summed E-state index contributed by atoms with van der Waals surface area (Å²) in [5, 5.41) is 0. The van der Waals surface area contributed by atoms with Crippen LogP contribution >= 0.6 is 0 Å². The monoisotopic (exact) mass is 159 g/mol. The Morgan fingerprint density at radius 2 is 0.833 bits per heavy atom. The zero-order valence-corrected chi connectivity index (χ0v) is 4.57. The van der Waals surface area contributed by atoms with Gasteiger partial charge in [-0.1, -0.05) is 0 Å². The fourth-order valence-corrected chi connectivity index (χ4v) is 0. The standard InChI is InChI=1S/F4Si.Mn/c1-5(2,3)4;. The fourth-order valence-electron chi connectivity index (χ4n) is 0. The molecule has 0 aromatic heterocycles. The fraction of sp³-hybridized carbons (Fsp3) is 0. The van der Waals surface area contributed by atoms with E-state index in [4.69, 9.17) is 0 Å². The van der Waals surface area contributed by atoms with Gasteiger partial charge in [0, 0.05) is 17.1 Å². The van der Waals surface area contributed by atoms with Gasteiger partial charge in [0.1, 0.15) is 0 Å². The molecule has 0 saturated carbocycles. The second-order valence-electron chi connectivity index (χ2n) is 0.429. The van der Waals surface area contributed by atoms with Crippen LogP contribution in [0.15, 0.2) is 0 Å². The van der Waals surface area contributed by atoms with Gasteiger partial charge in [0.05, 0.1) is 0 Å². The summed E-state index contributed by atoms with van der Waals surface area (Å²) in [7, 11) is -6.61. The van der Waals surface area contributed by atoms with Gasteiger partial charge in [-0.3, -0.25) is 0 Å². The number of halogens is 4. The molecule has 0 heterocycles. The van der Waals surface area contributed by atoms with Crippen molar-refractivity contribution in [2.24, 2.45) is 0 Å². The Kier molecular flexibility index (Phi) is 4.19. The summed E-state index contributed by atoms with van der Waals surface area (Å²) in [6.45, 7) is 0. The Morgan fingerprint density at radius 1 is 0.833 bits per heavy atom. The summed E-state index contributed by atoms with van der Waals surface area (Å²) in [4.78, 5) is 0. The summed E-state index contributed by atoms with van der Waals surface area (Å²) in [6.07, 6.45) is 0. The average molecular weight is 159 g/mol. The molecule has 0 saturated heterocycles. The van der Waals surface area contributed by atoms with Crippen LogP contribution in [0, 0.1) is 0 Å². The molecule has 1 radical (unpaired) electrons. The maximum atomic E-state index is 9.83. The van der Waals surface area contributed by atoms with Crippen LogP contribution in [0.25, 0.3) is 0 Å². The molecule has 39 valence electrons. The zero-order chi connectivity index (χ0) is 4.50. The third kappa shape index (κ3) is 256. The smallest absolute Gasteiger partial charge is 0.211 e. The summed E-state index contributed by atoms with van der Waals surface area (Å²) < 4.78 is 39.3. The molecule has 6 heavy (non-hydrogen) atoms. The van der Waals surface area contributed by atoms with Crippen LogP contribution in [0.3, 0.4) is 0 Å². The van der Waals surface area contributed by atoms with Gasteiger partial charge in [-0.05, 0) is 0 Å².